The molecule has 0 unspecified atom stereocenters. The number of rotatable bonds is 9. The third-order valence-electron chi connectivity index (χ3n) is 9.25. The predicted molar refractivity (Wildman–Crippen MR) is 222 cm³/mol. The first kappa shape index (κ1) is 34.5. The SMILES string of the molecule is C=C/C(=C\C=C/C)C(=C)C(=C)/C=C\C(C)=C\C.c1cncc(-c2ccc(-c3ccc4ccc5c(-c6cccnc6)ccc6ccc3c4c65)cc2)c1. The monoisotopic (exact) mass is 658 g/mol. The van der Waals surface area contributed by atoms with Crippen LogP contribution in [-0.4, -0.2) is 9.97 Å². The molecule has 0 radical (unpaired) electrons. The summed E-state index contributed by atoms with van der Waals surface area (Å²) in [7, 11) is 0. The van der Waals surface area contributed by atoms with Crippen LogP contribution in [0.15, 0.2) is 206 Å². The first-order valence-electron chi connectivity index (χ1n) is 17.2. The molecule has 0 aliphatic heterocycles. The Bertz CT molecular complexity index is 2460. The van der Waals surface area contributed by atoms with E-state index in [1.165, 1.54) is 60.1 Å². The van der Waals surface area contributed by atoms with Crippen LogP contribution in [0.25, 0.3) is 65.7 Å². The normalized spacial score (nSPS) is 12.1. The fourth-order valence-corrected chi connectivity index (χ4v) is 6.31. The molecule has 2 nitrogen and oxygen atoms in total. The Morgan fingerprint density at radius 2 is 1.16 bits per heavy atom. The maximum Gasteiger partial charge on any atom is 0.0346 e. The molecule has 0 saturated heterocycles. The van der Waals surface area contributed by atoms with Crippen LogP contribution in [0.2, 0.25) is 0 Å². The van der Waals surface area contributed by atoms with E-state index in [2.05, 4.69) is 128 Å². The van der Waals surface area contributed by atoms with Crippen molar-refractivity contribution < 1.29 is 0 Å². The van der Waals surface area contributed by atoms with Gasteiger partial charge in [0.2, 0.25) is 0 Å². The lowest BCUT2D eigenvalue weighted by Crippen LogP contribution is -1.89. The molecule has 5 aromatic carbocycles. The minimum Gasteiger partial charge on any atom is -0.264 e. The van der Waals surface area contributed by atoms with E-state index in [4.69, 9.17) is 0 Å². The van der Waals surface area contributed by atoms with Crippen molar-refractivity contribution >= 4 is 32.3 Å². The fourth-order valence-electron chi connectivity index (χ4n) is 6.31. The Hall–Kier alpha value is -6.38. The van der Waals surface area contributed by atoms with E-state index in [0.29, 0.717) is 0 Å². The van der Waals surface area contributed by atoms with Gasteiger partial charge >= 0.3 is 0 Å². The van der Waals surface area contributed by atoms with Gasteiger partial charge in [0.05, 0.1) is 0 Å². The van der Waals surface area contributed by atoms with Crippen molar-refractivity contribution in [2.45, 2.75) is 20.8 Å². The average Bonchev–Trinajstić information content (AvgIpc) is 3.19. The quantitative estimate of drug-likeness (QED) is 0.114. The van der Waals surface area contributed by atoms with Crippen LogP contribution in [0.1, 0.15) is 20.8 Å². The number of hydrogen-bond acceptors (Lipinski definition) is 2. The average molecular weight is 659 g/mol. The highest BCUT2D eigenvalue weighted by Gasteiger charge is 2.15. The first-order chi connectivity index (χ1) is 24.9. The summed E-state index contributed by atoms with van der Waals surface area (Å²) in [5.74, 6) is 0. The van der Waals surface area contributed by atoms with E-state index >= 15 is 0 Å². The predicted octanol–water partition coefficient (Wildman–Crippen LogP) is 13.7. The van der Waals surface area contributed by atoms with Crippen molar-refractivity contribution in [1.82, 2.24) is 9.97 Å². The van der Waals surface area contributed by atoms with Crippen molar-refractivity contribution in [3.8, 4) is 33.4 Å². The van der Waals surface area contributed by atoms with Gasteiger partial charge in [-0.1, -0.05) is 153 Å². The third-order valence-corrected chi connectivity index (χ3v) is 9.25. The van der Waals surface area contributed by atoms with Crippen molar-refractivity contribution in [3.05, 3.63) is 206 Å². The number of pyridine rings is 2. The lowest BCUT2D eigenvalue weighted by atomic mass is 9.87. The zero-order valence-corrected chi connectivity index (χ0v) is 29.6. The van der Waals surface area contributed by atoms with Crippen LogP contribution in [0.5, 0.6) is 0 Å². The molecule has 0 aliphatic carbocycles. The third kappa shape index (κ3) is 7.46. The molecule has 248 valence electrons. The maximum absolute atomic E-state index is 4.35. The van der Waals surface area contributed by atoms with Gasteiger partial charge in [0.1, 0.15) is 0 Å². The standard InChI is InChI=1S/C32H20N2.C17H22/c1-3-25(19-33-17-1)21-5-7-22(8-6-21)27-13-9-23-12-16-30-28(26-4-2-18-34-20-26)14-10-24-11-15-29(27)31(23)32(24)30;1-7-10-11-17(9-3)16(6)15(5)13-12-14(4)8-2/h1-20H;7-13H,3,5-6H2,1-2,4H3/b;10-7-,13-12-,14-8+,17-11+. The molecule has 0 saturated carbocycles. The van der Waals surface area contributed by atoms with E-state index in [1.54, 1.807) is 6.08 Å². The molecule has 51 heavy (non-hydrogen) atoms. The molecular formula is C49H42N2. The number of aromatic nitrogens is 2. The molecule has 0 amide bonds. The topological polar surface area (TPSA) is 25.8 Å². The van der Waals surface area contributed by atoms with Gasteiger partial charge in [-0.3, -0.25) is 9.97 Å². The Morgan fingerprint density at radius 1 is 0.608 bits per heavy atom. The summed E-state index contributed by atoms with van der Waals surface area (Å²) in [6.07, 6.45) is 21.3. The van der Waals surface area contributed by atoms with E-state index in [1.807, 2.05) is 81.1 Å². The van der Waals surface area contributed by atoms with Crippen molar-refractivity contribution in [3.63, 3.8) is 0 Å². The van der Waals surface area contributed by atoms with Crippen LogP contribution in [0, 0.1) is 0 Å². The maximum atomic E-state index is 4.35. The highest BCUT2D eigenvalue weighted by molar-refractivity contribution is 6.27. The Morgan fingerprint density at radius 3 is 1.69 bits per heavy atom. The van der Waals surface area contributed by atoms with Gasteiger partial charge in [0.15, 0.2) is 0 Å². The first-order valence-corrected chi connectivity index (χ1v) is 17.2. The molecule has 2 heteroatoms. The van der Waals surface area contributed by atoms with Crippen LogP contribution >= 0.6 is 0 Å². The summed E-state index contributed by atoms with van der Waals surface area (Å²) < 4.78 is 0. The largest absolute Gasteiger partial charge is 0.264 e. The minimum absolute atomic E-state index is 0.901. The van der Waals surface area contributed by atoms with Gasteiger partial charge in [-0.05, 0) is 110 Å². The number of nitrogens with zero attached hydrogens (tertiary/aromatic N) is 2. The van der Waals surface area contributed by atoms with E-state index < -0.39 is 0 Å². The Kier molecular flexibility index (Phi) is 10.7. The van der Waals surface area contributed by atoms with Crippen LogP contribution in [0.3, 0.4) is 0 Å². The molecule has 0 bridgehead atoms. The van der Waals surface area contributed by atoms with E-state index in [0.717, 1.165) is 27.8 Å². The van der Waals surface area contributed by atoms with Crippen molar-refractivity contribution in [2.75, 3.05) is 0 Å². The summed E-state index contributed by atoms with van der Waals surface area (Å²) in [4.78, 5) is 8.60. The second-order valence-electron chi connectivity index (χ2n) is 12.4. The Labute approximate surface area is 301 Å². The van der Waals surface area contributed by atoms with E-state index in [9.17, 15) is 0 Å². The van der Waals surface area contributed by atoms with Crippen molar-refractivity contribution in [2.24, 2.45) is 0 Å². The summed E-state index contributed by atoms with van der Waals surface area (Å²) >= 11 is 0. The van der Waals surface area contributed by atoms with Gasteiger partial charge in [-0.15, -0.1) is 0 Å². The van der Waals surface area contributed by atoms with Gasteiger partial charge in [0.25, 0.3) is 0 Å². The second kappa shape index (κ2) is 15.9. The smallest absolute Gasteiger partial charge is 0.0346 e. The second-order valence-corrected chi connectivity index (χ2v) is 12.4. The molecule has 7 aromatic rings. The summed E-state index contributed by atoms with van der Waals surface area (Å²) in [5, 5.41) is 7.75. The van der Waals surface area contributed by atoms with Crippen molar-refractivity contribution in [1.29, 1.82) is 0 Å². The lowest BCUT2D eigenvalue weighted by molar-refractivity contribution is 1.33. The summed E-state index contributed by atoms with van der Waals surface area (Å²) in [6, 6.07) is 35.0. The Balaban J connectivity index is 0.000000226. The number of allylic oxidation sites excluding steroid dienone is 11. The van der Waals surface area contributed by atoms with Crippen LogP contribution < -0.4 is 0 Å². The van der Waals surface area contributed by atoms with Crippen LogP contribution in [-0.2, 0) is 0 Å². The molecule has 2 heterocycles. The fraction of sp³-hybridized carbons (Fsp3) is 0.0612. The molecule has 7 rings (SSSR count). The van der Waals surface area contributed by atoms with Gasteiger partial charge in [-0.2, -0.15) is 0 Å². The lowest BCUT2D eigenvalue weighted by Gasteiger charge is -2.16. The van der Waals surface area contributed by atoms with E-state index in [-0.39, 0.29) is 0 Å². The molecule has 0 N–H and O–H groups in total. The zero-order chi connectivity index (χ0) is 35.7. The molecule has 0 fully saturated rings. The molecule has 0 spiro atoms. The molecular weight excluding hydrogens is 617 g/mol. The number of benzene rings is 5. The van der Waals surface area contributed by atoms with Gasteiger partial charge < -0.3 is 0 Å². The molecule has 0 aliphatic rings. The zero-order valence-electron chi connectivity index (χ0n) is 29.6. The summed E-state index contributed by atoms with van der Waals surface area (Å²) in [6.45, 7) is 17.9. The molecule has 0 atom stereocenters. The summed E-state index contributed by atoms with van der Waals surface area (Å²) in [5.41, 5.74) is 11.2. The van der Waals surface area contributed by atoms with Gasteiger partial charge in [0, 0.05) is 30.4 Å². The van der Waals surface area contributed by atoms with Gasteiger partial charge in [-0.25, -0.2) is 0 Å². The van der Waals surface area contributed by atoms with Crippen LogP contribution in [0.4, 0.5) is 0 Å². The highest BCUT2D eigenvalue weighted by Crippen LogP contribution is 2.42. The number of hydrogen-bond donors (Lipinski definition) is 0. The minimum atomic E-state index is 0.901. The molecule has 2 aromatic heterocycles. The highest BCUT2D eigenvalue weighted by atomic mass is 14.6.